The van der Waals surface area contributed by atoms with Gasteiger partial charge in [-0.25, -0.2) is 0 Å². The minimum absolute atomic E-state index is 0.307. The number of aromatic nitrogens is 2. The van der Waals surface area contributed by atoms with Crippen LogP contribution in [0.25, 0.3) is 11.3 Å². The molecule has 1 heterocycles. The molecule has 0 fully saturated rings. The summed E-state index contributed by atoms with van der Waals surface area (Å²) in [6, 6.07) is 10.6. The number of nitrogens with zero attached hydrogens (tertiary/aromatic N) is 1. The molecule has 0 spiro atoms. The third-order valence-corrected chi connectivity index (χ3v) is 3.18. The van der Waals surface area contributed by atoms with Gasteiger partial charge in [-0.1, -0.05) is 26.0 Å². The molecule has 2 N–H and O–H groups in total. The minimum Gasteiger partial charge on any atom is -0.383 e. The van der Waals surface area contributed by atoms with Crippen molar-refractivity contribution in [3.05, 3.63) is 36.5 Å². The first-order chi connectivity index (χ1) is 9.20. The predicted octanol–water partition coefficient (Wildman–Crippen LogP) is 3.16. The lowest BCUT2D eigenvalue weighted by Crippen LogP contribution is -2.30. The predicted molar refractivity (Wildman–Crippen MR) is 78.1 cm³/mol. The molecular formula is C15H21N3O. The number of anilines is 1. The fourth-order valence-electron chi connectivity index (χ4n) is 1.99. The zero-order valence-electron chi connectivity index (χ0n) is 11.7. The average Bonchev–Trinajstić information content (AvgIpc) is 2.92. The molecule has 1 aromatic heterocycles. The second-order valence-electron chi connectivity index (χ2n) is 5.00. The lowest BCUT2D eigenvalue weighted by Gasteiger charge is -2.23. The van der Waals surface area contributed by atoms with Crippen molar-refractivity contribution in [1.82, 2.24) is 10.2 Å². The van der Waals surface area contributed by atoms with Crippen LogP contribution in [-0.2, 0) is 4.74 Å². The van der Waals surface area contributed by atoms with Crippen molar-refractivity contribution in [2.75, 3.05) is 19.0 Å². The molecule has 0 saturated heterocycles. The van der Waals surface area contributed by atoms with Crippen molar-refractivity contribution in [2.24, 2.45) is 5.92 Å². The van der Waals surface area contributed by atoms with E-state index < -0.39 is 0 Å². The van der Waals surface area contributed by atoms with Crippen molar-refractivity contribution < 1.29 is 4.74 Å². The number of ether oxygens (including phenoxy) is 1. The molecule has 2 aromatic rings. The molecular weight excluding hydrogens is 238 g/mol. The highest BCUT2D eigenvalue weighted by atomic mass is 16.5. The number of methoxy groups -OCH3 is 1. The first-order valence-electron chi connectivity index (χ1n) is 6.56. The van der Waals surface area contributed by atoms with Gasteiger partial charge < -0.3 is 10.1 Å². The highest BCUT2D eigenvalue weighted by Gasteiger charge is 2.13. The SMILES string of the molecule is COCC(Nc1cccc(-c2ccn[nH]2)c1)C(C)C. The van der Waals surface area contributed by atoms with Crippen LogP contribution in [-0.4, -0.2) is 30.0 Å². The smallest absolute Gasteiger partial charge is 0.0666 e. The largest absolute Gasteiger partial charge is 0.383 e. The zero-order chi connectivity index (χ0) is 13.7. The first kappa shape index (κ1) is 13.6. The van der Waals surface area contributed by atoms with E-state index in [1.807, 2.05) is 12.1 Å². The van der Waals surface area contributed by atoms with Crippen LogP contribution < -0.4 is 5.32 Å². The van der Waals surface area contributed by atoms with Gasteiger partial charge in [-0.3, -0.25) is 5.10 Å². The Labute approximate surface area is 114 Å². The molecule has 0 aliphatic carbocycles. The number of rotatable bonds is 6. The van der Waals surface area contributed by atoms with E-state index in [-0.39, 0.29) is 0 Å². The monoisotopic (exact) mass is 259 g/mol. The quantitative estimate of drug-likeness (QED) is 0.837. The highest BCUT2D eigenvalue weighted by Crippen LogP contribution is 2.21. The van der Waals surface area contributed by atoms with E-state index in [0.29, 0.717) is 18.6 Å². The highest BCUT2D eigenvalue weighted by molar-refractivity contribution is 5.64. The molecule has 0 aliphatic rings. The Balaban J connectivity index is 2.14. The van der Waals surface area contributed by atoms with Gasteiger partial charge in [0.2, 0.25) is 0 Å². The third-order valence-electron chi connectivity index (χ3n) is 3.18. The number of nitrogens with one attached hydrogen (secondary N) is 2. The van der Waals surface area contributed by atoms with Gasteiger partial charge in [-0.15, -0.1) is 0 Å². The van der Waals surface area contributed by atoms with Gasteiger partial charge in [0.1, 0.15) is 0 Å². The lowest BCUT2D eigenvalue weighted by molar-refractivity contribution is 0.171. The average molecular weight is 259 g/mol. The van der Waals surface area contributed by atoms with Crippen LogP contribution in [0.1, 0.15) is 13.8 Å². The summed E-state index contributed by atoms with van der Waals surface area (Å²) in [5.74, 6) is 0.510. The Morgan fingerprint density at radius 2 is 2.16 bits per heavy atom. The summed E-state index contributed by atoms with van der Waals surface area (Å²) in [7, 11) is 1.73. The standard InChI is InChI=1S/C15H21N3O/c1-11(2)15(10-19-3)17-13-6-4-5-12(9-13)14-7-8-16-18-14/h4-9,11,15,17H,10H2,1-3H3,(H,16,18). The molecule has 0 aliphatic heterocycles. The van der Waals surface area contributed by atoms with E-state index >= 15 is 0 Å². The second kappa shape index (κ2) is 6.38. The maximum Gasteiger partial charge on any atom is 0.0666 e. The van der Waals surface area contributed by atoms with Crippen LogP contribution in [0.4, 0.5) is 5.69 Å². The minimum atomic E-state index is 0.307. The molecule has 2 rings (SSSR count). The summed E-state index contributed by atoms with van der Waals surface area (Å²) in [5.41, 5.74) is 3.25. The van der Waals surface area contributed by atoms with Crippen molar-refractivity contribution in [3.63, 3.8) is 0 Å². The Hall–Kier alpha value is -1.81. The van der Waals surface area contributed by atoms with Gasteiger partial charge >= 0.3 is 0 Å². The van der Waals surface area contributed by atoms with Gasteiger partial charge in [0.05, 0.1) is 18.3 Å². The lowest BCUT2D eigenvalue weighted by atomic mass is 10.0. The van der Waals surface area contributed by atoms with Gasteiger partial charge in [0.25, 0.3) is 0 Å². The fraction of sp³-hybridized carbons (Fsp3) is 0.400. The van der Waals surface area contributed by atoms with Gasteiger partial charge in [-0.05, 0) is 24.1 Å². The Kier molecular flexibility index (Phi) is 4.58. The molecule has 0 saturated carbocycles. The third kappa shape index (κ3) is 3.58. The van der Waals surface area contributed by atoms with Crippen LogP contribution in [0.5, 0.6) is 0 Å². The molecule has 1 aromatic carbocycles. The summed E-state index contributed by atoms with van der Waals surface area (Å²) in [6.07, 6.45) is 1.76. The molecule has 4 nitrogen and oxygen atoms in total. The van der Waals surface area contributed by atoms with Crippen LogP contribution in [0.15, 0.2) is 36.5 Å². The zero-order valence-corrected chi connectivity index (χ0v) is 11.7. The Morgan fingerprint density at radius 1 is 1.32 bits per heavy atom. The van der Waals surface area contributed by atoms with Crippen molar-refractivity contribution in [1.29, 1.82) is 0 Å². The molecule has 0 radical (unpaired) electrons. The number of hydrogen-bond donors (Lipinski definition) is 2. The molecule has 0 bridgehead atoms. The number of hydrogen-bond acceptors (Lipinski definition) is 3. The second-order valence-corrected chi connectivity index (χ2v) is 5.00. The van der Waals surface area contributed by atoms with Crippen LogP contribution >= 0.6 is 0 Å². The number of H-pyrrole nitrogens is 1. The van der Waals surface area contributed by atoms with Crippen molar-refractivity contribution in [3.8, 4) is 11.3 Å². The Morgan fingerprint density at radius 3 is 2.79 bits per heavy atom. The summed E-state index contributed by atoms with van der Waals surface area (Å²) < 4.78 is 5.26. The number of benzene rings is 1. The van der Waals surface area contributed by atoms with Crippen molar-refractivity contribution >= 4 is 5.69 Å². The number of aromatic amines is 1. The first-order valence-corrected chi connectivity index (χ1v) is 6.56. The van der Waals surface area contributed by atoms with Crippen LogP contribution in [0.3, 0.4) is 0 Å². The molecule has 4 heteroatoms. The van der Waals surface area contributed by atoms with Gasteiger partial charge in [0, 0.05) is 24.6 Å². The normalized spacial score (nSPS) is 12.6. The molecule has 19 heavy (non-hydrogen) atoms. The van der Waals surface area contributed by atoms with Gasteiger partial charge in [-0.2, -0.15) is 5.10 Å². The van der Waals surface area contributed by atoms with Crippen molar-refractivity contribution in [2.45, 2.75) is 19.9 Å². The van der Waals surface area contributed by atoms with E-state index in [9.17, 15) is 0 Å². The Bertz CT molecular complexity index is 494. The van der Waals surface area contributed by atoms with Crippen LogP contribution in [0, 0.1) is 5.92 Å². The molecule has 1 unspecified atom stereocenters. The topological polar surface area (TPSA) is 49.9 Å². The van der Waals surface area contributed by atoms with E-state index in [1.54, 1.807) is 13.3 Å². The van der Waals surface area contributed by atoms with Crippen LogP contribution in [0.2, 0.25) is 0 Å². The molecule has 0 amide bonds. The maximum absolute atomic E-state index is 5.26. The van der Waals surface area contributed by atoms with Gasteiger partial charge in [0.15, 0.2) is 0 Å². The summed E-state index contributed by atoms with van der Waals surface area (Å²) in [4.78, 5) is 0. The van der Waals surface area contributed by atoms with E-state index in [2.05, 4.69) is 47.6 Å². The molecule has 1 atom stereocenters. The van der Waals surface area contributed by atoms with E-state index in [4.69, 9.17) is 4.74 Å². The fourth-order valence-corrected chi connectivity index (χ4v) is 1.99. The van der Waals surface area contributed by atoms with E-state index in [1.165, 1.54) is 0 Å². The maximum atomic E-state index is 5.26. The summed E-state index contributed by atoms with van der Waals surface area (Å²) in [6.45, 7) is 5.08. The summed E-state index contributed by atoms with van der Waals surface area (Å²) in [5, 5.41) is 10.5. The molecule has 102 valence electrons. The summed E-state index contributed by atoms with van der Waals surface area (Å²) >= 11 is 0. The van der Waals surface area contributed by atoms with E-state index in [0.717, 1.165) is 16.9 Å².